The first kappa shape index (κ1) is 17.7. The summed E-state index contributed by atoms with van der Waals surface area (Å²) in [4.78, 5) is 27.7. The molecule has 0 unspecified atom stereocenters. The second-order valence-electron chi connectivity index (χ2n) is 6.07. The number of amides is 2. The molecule has 0 aliphatic heterocycles. The van der Waals surface area contributed by atoms with E-state index in [1.54, 1.807) is 19.2 Å². The Morgan fingerprint density at radius 1 is 1.23 bits per heavy atom. The lowest BCUT2D eigenvalue weighted by atomic mass is 10.2. The van der Waals surface area contributed by atoms with Crippen LogP contribution in [0.25, 0.3) is 0 Å². The molecule has 0 radical (unpaired) electrons. The van der Waals surface area contributed by atoms with Crippen LogP contribution in [0.2, 0.25) is 0 Å². The molecule has 1 aliphatic rings. The first-order valence-corrected chi connectivity index (χ1v) is 8.43. The van der Waals surface area contributed by atoms with Gasteiger partial charge in [0.1, 0.15) is 5.75 Å². The average Bonchev–Trinajstić information content (AvgIpc) is 3.51. The number of methoxy groups -OCH3 is 1. The molecule has 1 saturated carbocycles. The van der Waals surface area contributed by atoms with Crippen LogP contribution in [0.3, 0.4) is 0 Å². The summed E-state index contributed by atoms with van der Waals surface area (Å²) in [5.41, 5.74) is 1.56. The van der Waals surface area contributed by atoms with E-state index in [1.807, 2.05) is 24.3 Å². The number of ether oxygens (including phenoxy) is 2. The Kier molecular flexibility index (Phi) is 5.68. The molecule has 1 heterocycles. The van der Waals surface area contributed by atoms with Crippen molar-refractivity contribution in [2.45, 2.75) is 19.4 Å². The van der Waals surface area contributed by atoms with Crippen molar-refractivity contribution < 1.29 is 19.1 Å². The zero-order valence-electron chi connectivity index (χ0n) is 14.5. The van der Waals surface area contributed by atoms with E-state index in [-0.39, 0.29) is 24.3 Å². The number of benzene rings is 1. The standard InChI is InChI=1S/C19H21N3O4/c1-25-16-4-2-3-13(9-16)10-20-17(23)12-26-18-8-7-15(11-21-18)22-19(24)14-5-6-14/h2-4,7-9,11,14H,5-6,10,12H2,1H3,(H,20,23)(H,22,24). The van der Waals surface area contributed by atoms with Crippen molar-refractivity contribution >= 4 is 17.5 Å². The lowest BCUT2D eigenvalue weighted by molar-refractivity contribution is -0.123. The second-order valence-corrected chi connectivity index (χ2v) is 6.07. The molecule has 0 atom stereocenters. The van der Waals surface area contributed by atoms with Gasteiger partial charge in [0.05, 0.1) is 19.0 Å². The molecule has 7 nitrogen and oxygen atoms in total. The highest BCUT2D eigenvalue weighted by Gasteiger charge is 2.29. The van der Waals surface area contributed by atoms with Gasteiger partial charge in [-0.1, -0.05) is 12.1 Å². The Morgan fingerprint density at radius 2 is 2.08 bits per heavy atom. The molecule has 0 saturated heterocycles. The first-order valence-electron chi connectivity index (χ1n) is 8.43. The number of hydrogen-bond acceptors (Lipinski definition) is 5. The van der Waals surface area contributed by atoms with Gasteiger partial charge < -0.3 is 20.1 Å². The summed E-state index contributed by atoms with van der Waals surface area (Å²) in [6, 6.07) is 10.8. The minimum atomic E-state index is -0.249. The van der Waals surface area contributed by atoms with E-state index in [1.165, 1.54) is 6.20 Å². The average molecular weight is 355 g/mol. The zero-order chi connectivity index (χ0) is 18.4. The van der Waals surface area contributed by atoms with E-state index in [2.05, 4.69) is 15.6 Å². The predicted octanol–water partition coefficient (Wildman–Crippen LogP) is 2.13. The van der Waals surface area contributed by atoms with Crippen LogP contribution in [0.5, 0.6) is 11.6 Å². The summed E-state index contributed by atoms with van der Waals surface area (Å²) >= 11 is 0. The quantitative estimate of drug-likeness (QED) is 0.757. The molecule has 2 amide bonds. The predicted molar refractivity (Wildman–Crippen MR) is 95.9 cm³/mol. The fourth-order valence-corrected chi connectivity index (χ4v) is 2.30. The van der Waals surface area contributed by atoms with Crippen molar-refractivity contribution in [3.8, 4) is 11.6 Å². The molecule has 136 valence electrons. The first-order chi connectivity index (χ1) is 12.6. The fourth-order valence-electron chi connectivity index (χ4n) is 2.30. The highest BCUT2D eigenvalue weighted by atomic mass is 16.5. The number of aromatic nitrogens is 1. The Morgan fingerprint density at radius 3 is 2.77 bits per heavy atom. The Balaban J connectivity index is 1.41. The third-order valence-corrected chi connectivity index (χ3v) is 3.93. The van der Waals surface area contributed by atoms with Gasteiger partial charge in [-0.3, -0.25) is 9.59 Å². The molecule has 2 aromatic rings. The van der Waals surface area contributed by atoms with E-state index in [0.717, 1.165) is 24.2 Å². The monoisotopic (exact) mass is 355 g/mol. The third-order valence-electron chi connectivity index (χ3n) is 3.93. The van der Waals surface area contributed by atoms with Crippen LogP contribution < -0.4 is 20.1 Å². The molecule has 0 spiro atoms. The zero-order valence-corrected chi connectivity index (χ0v) is 14.5. The van der Waals surface area contributed by atoms with Gasteiger partial charge in [-0.2, -0.15) is 0 Å². The second kappa shape index (κ2) is 8.33. The summed E-state index contributed by atoms with van der Waals surface area (Å²) in [6.45, 7) is 0.254. The molecule has 1 aliphatic carbocycles. The molecule has 2 N–H and O–H groups in total. The van der Waals surface area contributed by atoms with Crippen LogP contribution >= 0.6 is 0 Å². The van der Waals surface area contributed by atoms with Gasteiger partial charge in [-0.15, -0.1) is 0 Å². The van der Waals surface area contributed by atoms with E-state index in [4.69, 9.17) is 9.47 Å². The highest BCUT2D eigenvalue weighted by Crippen LogP contribution is 2.30. The van der Waals surface area contributed by atoms with Gasteiger partial charge in [0.25, 0.3) is 5.91 Å². The number of anilines is 1. The Hall–Kier alpha value is -3.09. The minimum Gasteiger partial charge on any atom is -0.497 e. The van der Waals surface area contributed by atoms with Crippen molar-refractivity contribution in [2.75, 3.05) is 19.0 Å². The molecule has 26 heavy (non-hydrogen) atoms. The largest absolute Gasteiger partial charge is 0.497 e. The summed E-state index contributed by atoms with van der Waals surface area (Å²) in [6.07, 6.45) is 3.42. The maximum absolute atomic E-state index is 11.9. The van der Waals surface area contributed by atoms with E-state index in [9.17, 15) is 9.59 Å². The molecule has 1 aromatic carbocycles. The van der Waals surface area contributed by atoms with Gasteiger partial charge in [-0.25, -0.2) is 4.98 Å². The number of rotatable bonds is 8. The fraction of sp³-hybridized carbons (Fsp3) is 0.316. The maximum atomic E-state index is 11.9. The Labute approximate surface area is 151 Å². The molecule has 0 bridgehead atoms. The normalized spacial score (nSPS) is 13.0. The van der Waals surface area contributed by atoms with Crippen molar-refractivity contribution in [1.29, 1.82) is 0 Å². The topological polar surface area (TPSA) is 89.5 Å². The maximum Gasteiger partial charge on any atom is 0.258 e. The number of carbonyl (C=O) groups excluding carboxylic acids is 2. The summed E-state index contributed by atoms with van der Waals surface area (Å²) in [5, 5.41) is 5.57. The lowest BCUT2D eigenvalue weighted by Gasteiger charge is -2.09. The molecule has 7 heteroatoms. The van der Waals surface area contributed by atoms with E-state index < -0.39 is 0 Å². The van der Waals surface area contributed by atoms with Gasteiger partial charge >= 0.3 is 0 Å². The van der Waals surface area contributed by atoms with Crippen LogP contribution in [0.1, 0.15) is 18.4 Å². The summed E-state index contributed by atoms with van der Waals surface area (Å²) < 4.78 is 10.5. The van der Waals surface area contributed by atoms with Crippen LogP contribution in [-0.2, 0) is 16.1 Å². The molecular formula is C19H21N3O4. The summed E-state index contributed by atoms with van der Waals surface area (Å²) in [7, 11) is 1.60. The number of nitrogens with one attached hydrogen (secondary N) is 2. The van der Waals surface area contributed by atoms with Crippen LogP contribution in [0, 0.1) is 5.92 Å². The number of nitrogens with zero attached hydrogens (tertiary/aromatic N) is 1. The lowest BCUT2D eigenvalue weighted by Crippen LogP contribution is -2.28. The van der Waals surface area contributed by atoms with E-state index >= 15 is 0 Å². The van der Waals surface area contributed by atoms with Gasteiger partial charge in [0.2, 0.25) is 11.8 Å². The third kappa shape index (κ3) is 5.20. The SMILES string of the molecule is COc1cccc(CNC(=O)COc2ccc(NC(=O)C3CC3)cn2)c1. The van der Waals surface area contributed by atoms with Crippen molar-refractivity contribution in [2.24, 2.45) is 5.92 Å². The van der Waals surface area contributed by atoms with Crippen molar-refractivity contribution in [1.82, 2.24) is 10.3 Å². The Bertz CT molecular complexity index is 773. The molecule has 1 fully saturated rings. The van der Waals surface area contributed by atoms with Crippen LogP contribution in [-0.4, -0.2) is 30.5 Å². The van der Waals surface area contributed by atoms with Crippen LogP contribution in [0.15, 0.2) is 42.6 Å². The van der Waals surface area contributed by atoms with E-state index in [0.29, 0.717) is 18.1 Å². The van der Waals surface area contributed by atoms with Gasteiger partial charge in [0.15, 0.2) is 6.61 Å². The van der Waals surface area contributed by atoms with Gasteiger partial charge in [0, 0.05) is 18.5 Å². The van der Waals surface area contributed by atoms with Crippen molar-refractivity contribution in [3.05, 3.63) is 48.2 Å². The molecule has 3 rings (SSSR count). The summed E-state index contributed by atoms with van der Waals surface area (Å²) in [5.74, 6) is 0.981. The minimum absolute atomic E-state index is 0.0254. The number of carbonyl (C=O) groups is 2. The van der Waals surface area contributed by atoms with Gasteiger partial charge in [-0.05, 0) is 36.6 Å². The number of pyridine rings is 1. The van der Waals surface area contributed by atoms with Crippen molar-refractivity contribution in [3.63, 3.8) is 0 Å². The van der Waals surface area contributed by atoms with Crippen LogP contribution in [0.4, 0.5) is 5.69 Å². The molecular weight excluding hydrogens is 334 g/mol. The smallest absolute Gasteiger partial charge is 0.258 e. The molecule has 1 aromatic heterocycles. The number of hydrogen-bond donors (Lipinski definition) is 2. The highest BCUT2D eigenvalue weighted by molar-refractivity contribution is 5.93.